The third-order valence-corrected chi connectivity index (χ3v) is 2.76. The zero-order chi connectivity index (χ0) is 13.7. The molecule has 0 fully saturated rings. The van der Waals surface area contributed by atoms with Crippen LogP contribution in [0.25, 0.3) is 0 Å². The summed E-state index contributed by atoms with van der Waals surface area (Å²) in [4.78, 5) is 27.6. The Balaban J connectivity index is 2.68. The van der Waals surface area contributed by atoms with Crippen LogP contribution in [0, 0.1) is 0 Å². The quantitative estimate of drug-likeness (QED) is 0.845. The first-order chi connectivity index (χ1) is 8.41. The highest BCUT2D eigenvalue weighted by molar-refractivity contribution is 6.34. The van der Waals surface area contributed by atoms with Crippen LogP contribution in [0.5, 0.6) is 0 Å². The maximum atomic E-state index is 12.0. The van der Waals surface area contributed by atoms with Crippen molar-refractivity contribution < 1.29 is 14.7 Å². The molecular weight excluding hydrogens is 279 g/mol. The van der Waals surface area contributed by atoms with Crippen molar-refractivity contribution in [3.63, 3.8) is 0 Å². The van der Waals surface area contributed by atoms with Gasteiger partial charge in [-0.05, 0) is 18.6 Å². The van der Waals surface area contributed by atoms with Crippen LogP contribution in [-0.4, -0.2) is 40.5 Å². The number of halogens is 2. The van der Waals surface area contributed by atoms with Gasteiger partial charge in [0.25, 0.3) is 5.91 Å². The molecule has 0 spiro atoms. The van der Waals surface area contributed by atoms with E-state index in [4.69, 9.17) is 28.3 Å². The van der Waals surface area contributed by atoms with Gasteiger partial charge in [0.1, 0.15) is 10.8 Å². The number of carboxylic acid groups (broad SMARTS) is 1. The van der Waals surface area contributed by atoms with E-state index < -0.39 is 5.97 Å². The van der Waals surface area contributed by atoms with Crippen molar-refractivity contribution >= 4 is 35.1 Å². The highest BCUT2D eigenvalue weighted by Crippen LogP contribution is 2.18. The number of pyridine rings is 1. The summed E-state index contributed by atoms with van der Waals surface area (Å²) in [5.74, 6) is -1.28. The normalized spacial score (nSPS) is 10.2. The van der Waals surface area contributed by atoms with Crippen LogP contribution >= 0.6 is 23.2 Å². The third kappa shape index (κ3) is 4.16. The van der Waals surface area contributed by atoms with Crippen LogP contribution in [-0.2, 0) is 4.79 Å². The van der Waals surface area contributed by atoms with Crippen molar-refractivity contribution in [3.05, 3.63) is 28.0 Å². The Morgan fingerprint density at radius 3 is 2.67 bits per heavy atom. The van der Waals surface area contributed by atoms with Crippen molar-refractivity contribution in [2.45, 2.75) is 12.8 Å². The summed E-state index contributed by atoms with van der Waals surface area (Å²) in [7, 11) is 1.56. The molecule has 1 amide bonds. The molecule has 0 aromatic carbocycles. The van der Waals surface area contributed by atoms with E-state index in [1.807, 2.05) is 0 Å². The van der Waals surface area contributed by atoms with Gasteiger partial charge in [-0.2, -0.15) is 0 Å². The second-order valence-electron chi connectivity index (χ2n) is 3.69. The lowest BCUT2D eigenvalue weighted by molar-refractivity contribution is -0.137. The van der Waals surface area contributed by atoms with Crippen molar-refractivity contribution in [2.75, 3.05) is 13.6 Å². The Morgan fingerprint density at radius 2 is 2.06 bits per heavy atom. The Kier molecular flexibility index (Phi) is 5.37. The molecule has 0 radical (unpaired) electrons. The van der Waals surface area contributed by atoms with E-state index in [9.17, 15) is 9.59 Å². The fourth-order valence-electron chi connectivity index (χ4n) is 1.32. The number of hydrogen-bond acceptors (Lipinski definition) is 3. The van der Waals surface area contributed by atoms with Crippen LogP contribution in [0.4, 0.5) is 0 Å². The molecule has 1 N–H and O–H groups in total. The van der Waals surface area contributed by atoms with Gasteiger partial charge in [0.05, 0.1) is 5.02 Å². The summed E-state index contributed by atoms with van der Waals surface area (Å²) in [6, 6.07) is 2.99. The lowest BCUT2D eigenvalue weighted by atomic mass is 10.2. The number of amides is 1. The van der Waals surface area contributed by atoms with Crippen molar-refractivity contribution in [3.8, 4) is 0 Å². The summed E-state index contributed by atoms with van der Waals surface area (Å²) in [6.45, 7) is 0.315. The largest absolute Gasteiger partial charge is 0.481 e. The lowest BCUT2D eigenvalue weighted by Crippen LogP contribution is -2.29. The van der Waals surface area contributed by atoms with E-state index in [-0.39, 0.29) is 28.2 Å². The van der Waals surface area contributed by atoms with Crippen LogP contribution in [0.1, 0.15) is 23.3 Å². The molecule has 1 rings (SSSR count). The molecule has 0 saturated carbocycles. The minimum Gasteiger partial charge on any atom is -0.481 e. The topological polar surface area (TPSA) is 70.5 Å². The van der Waals surface area contributed by atoms with Crippen LogP contribution in [0.15, 0.2) is 12.1 Å². The molecule has 1 heterocycles. The standard InChI is InChI=1S/C11H12Cl2N2O3/c1-15(6-2-3-9(16)17)11(18)10-7(12)4-5-8(13)14-10/h4-5H,2-3,6H2,1H3,(H,16,17). The van der Waals surface area contributed by atoms with Crippen molar-refractivity contribution in [1.82, 2.24) is 9.88 Å². The Morgan fingerprint density at radius 1 is 1.39 bits per heavy atom. The van der Waals surface area contributed by atoms with Gasteiger partial charge in [0, 0.05) is 20.0 Å². The van der Waals surface area contributed by atoms with Gasteiger partial charge < -0.3 is 10.0 Å². The molecule has 0 aliphatic rings. The molecule has 1 aromatic rings. The molecular formula is C11H12Cl2N2O3. The van der Waals surface area contributed by atoms with E-state index in [0.29, 0.717) is 13.0 Å². The Labute approximate surface area is 114 Å². The smallest absolute Gasteiger partial charge is 0.303 e. The van der Waals surface area contributed by atoms with E-state index in [2.05, 4.69) is 4.98 Å². The minimum atomic E-state index is -0.894. The van der Waals surface area contributed by atoms with Gasteiger partial charge in [-0.1, -0.05) is 23.2 Å². The predicted octanol–water partition coefficient (Wildman–Crippen LogP) is 2.33. The zero-order valence-corrected chi connectivity index (χ0v) is 11.2. The second-order valence-corrected chi connectivity index (χ2v) is 4.48. The average molecular weight is 291 g/mol. The monoisotopic (exact) mass is 290 g/mol. The van der Waals surface area contributed by atoms with E-state index in [0.717, 1.165) is 0 Å². The molecule has 5 nitrogen and oxygen atoms in total. The van der Waals surface area contributed by atoms with Crippen molar-refractivity contribution in [1.29, 1.82) is 0 Å². The summed E-state index contributed by atoms with van der Waals surface area (Å²) in [5.41, 5.74) is 0.0713. The van der Waals surface area contributed by atoms with Gasteiger partial charge in [-0.15, -0.1) is 0 Å². The van der Waals surface area contributed by atoms with Gasteiger partial charge in [0.15, 0.2) is 0 Å². The molecule has 0 aliphatic carbocycles. The van der Waals surface area contributed by atoms with Crippen LogP contribution in [0.2, 0.25) is 10.2 Å². The summed E-state index contributed by atoms with van der Waals surface area (Å²) in [6.07, 6.45) is 0.379. The fourth-order valence-corrected chi connectivity index (χ4v) is 1.65. The maximum Gasteiger partial charge on any atom is 0.303 e. The highest BCUT2D eigenvalue weighted by atomic mass is 35.5. The van der Waals surface area contributed by atoms with Gasteiger partial charge in [-0.3, -0.25) is 9.59 Å². The van der Waals surface area contributed by atoms with Crippen molar-refractivity contribution in [2.24, 2.45) is 0 Å². The highest BCUT2D eigenvalue weighted by Gasteiger charge is 2.17. The van der Waals surface area contributed by atoms with E-state index in [1.165, 1.54) is 17.0 Å². The number of rotatable bonds is 5. The predicted molar refractivity (Wildman–Crippen MR) is 68.1 cm³/mol. The molecule has 0 unspecified atom stereocenters. The Hall–Kier alpha value is -1.33. The molecule has 0 saturated heterocycles. The number of aromatic nitrogens is 1. The van der Waals surface area contributed by atoms with E-state index >= 15 is 0 Å². The first-order valence-electron chi connectivity index (χ1n) is 5.21. The number of carbonyl (C=O) groups excluding carboxylic acids is 1. The number of nitrogens with zero attached hydrogens (tertiary/aromatic N) is 2. The minimum absolute atomic E-state index is 0.00826. The first-order valence-corrected chi connectivity index (χ1v) is 5.96. The van der Waals surface area contributed by atoms with Crippen LogP contribution < -0.4 is 0 Å². The molecule has 0 atom stereocenters. The number of hydrogen-bond donors (Lipinski definition) is 1. The second kappa shape index (κ2) is 6.56. The SMILES string of the molecule is CN(CCCC(=O)O)C(=O)c1nc(Cl)ccc1Cl. The molecule has 7 heteroatoms. The average Bonchev–Trinajstić information content (AvgIpc) is 2.30. The third-order valence-electron chi connectivity index (χ3n) is 2.25. The lowest BCUT2D eigenvalue weighted by Gasteiger charge is -2.16. The van der Waals surface area contributed by atoms with Gasteiger partial charge in [0.2, 0.25) is 0 Å². The first kappa shape index (κ1) is 14.7. The summed E-state index contributed by atoms with van der Waals surface area (Å²) in [5, 5.41) is 8.91. The fraction of sp³-hybridized carbons (Fsp3) is 0.364. The van der Waals surface area contributed by atoms with Gasteiger partial charge in [-0.25, -0.2) is 4.98 Å². The number of aliphatic carboxylic acids is 1. The molecule has 0 bridgehead atoms. The Bertz CT molecular complexity index is 466. The number of carbonyl (C=O) groups is 2. The van der Waals surface area contributed by atoms with Crippen LogP contribution in [0.3, 0.4) is 0 Å². The van der Waals surface area contributed by atoms with Gasteiger partial charge >= 0.3 is 5.97 Å². The van der Waals surface area contributed by atoms with E-state index in [1.54, 1.807) is 7.05 Å². The summed E-state index contributed by atoms with van der Waals surface area (Å²) >= 11 is 11.6. The summed E-state index contributed by atoms with van der Waals surface area (Å²) < 4.78 is 0. The molecule has 0 aliphatic heterocycles. The zero-order valence-electron chi connectivity index (χ0n) is 9.69. The molecule has 18 heavy (non-hydrogen) atoms. The molecule has 1 aromatic heterocycles. The number of carboxylic acids is 1. The molecule has 98 valence electrons. The maximum absolute atomic E-state index is 12.0.